The first-order valence-corrected chi connectivity index (χ1v) is 10.2. The van der Waals surface area contributed by atoms with E-state index in [1.807, 2.05) is 13.8 Å². The minimum atomic E-state index is -3.73. The van der Waals surface area contributed by atoms with E-state index in [-0.39, 0.29) is 19.1 Å². The molecule has 0 aromatic rings. The number of hydrogen-bond acceptors (Lipinski definition) is 6. The molecule has 22 heavy (non-hydrogen) atoms. The summed E-state index contributed by atoms with van der Waals surface area (Å²) in [7, 11) is -3.73. The van der Waals surface area contributed by atoms with Crippen LogP contribution in [0, 0.1) is 0 Å². The van der Waals surface area contributed by atoms with E-state index >= 15 is 0 Å². The lowest BCUT2D eigenvalue weighted by molar-refractivity contribution is -0.130. The van der Waals surface area contributed by atoms with Gasteiger partial charge in [0.25, 0.3) is 5.91 Å². The maximum absolute atomic E-state index is 12.3. The van der Waals surface area contributed by atoms with Crippen molar-refractivity contribution in [1.29, 1.82) is 0 Å². The van der Waals surface area contributed by atoms with Crippen LogP contribution in [0.4, 0.5) is 0 Å². The summed E-state index contributed by atoms with van der Waals surface area (Å²) in [5, 5.41) is 0.486. The highest BCUT2D eigenvalue weighted by Crippen LogP contribution is 2.48. The number of phosphoric acid groups is 1. The molecule has 1 amide bonds. The summed E-state index contributed by atoms with van der Waals surface area (Å²) in [5.74, 6) is -0.331. The number of hydrogen-bond donors (Lipinski definition) is 1. The largest absolute Gasteiger partial charge is 0.496 e. The molecular weight excluding hydrogens is 325 g/mol. The van der Waals surface area contributed by atoms with Crippen molar-refractivity contribution in [3.63, 3.8) is 0 Å². The lowest BCUT2D eigenvalue weighted by atomic mass is 10.0. The van der Waals surface area contributed by atoms with Crippen LogP contribution in [0.1, 0.15) is 59.8 Å². The van der Waals surface area contributed by atoms with E-state index < -0.39 is 12.6 Å². The van der Waals surface area contributed by atoms with Crippen LogP contribution in [-0.4, -0.2) is 29.1 Å². The van der Waals surface area contributed by atoms with Gasteiger partial charge >= 0.3 is 7.82 Å². The van der Waals surface area contributed by atoms with E-state index in [9.17, 15) is 9.36 Å². The number of carbonyl (C=O) groups excluding carboxylic acids is 1. The Bertz CT molecular complexity index is 389. The lowest BCUT2D eigenvalue weighted by Gasteiger charge is -2.30. The molecule has 1 N–H and O–H groups in total. The van der Waals surface area contributed by atoms with E-state index in [1.165, 1.54) is 19.3 Å². The van der Waals surface area contributed by atoms with Gasteiger partial charge in [-0.15, -0.1) is 11.8 Å². The molecular formula is C14H28NO5PS. The van der Waals surface area contributed by atoms with Gasteiger partial charge in [-0.25, -0.2) is 10.0 Å². The minimum absolute atomic E-state index is 0.174. The van der Waals surface area contributed by atoms with Crippen LogP contribution >= 0.6 is 19.6 Å². The normalized spacial score (nSPS) is 17.5. The second-order valence-electron chi connectivity index (χ2n) is 5.69. The Morgan fingerprint density at radius 2 is 1.73 bits per heavy atom. The van der Waals surface area contributed by atoms with Crippen molar-refractivity contribution in [3.8, 4) is 0 Å². The molecule has 1 fully saturated rings. The topological polar surface area (TPSA) is 73.9 Å². The highest BCUT2D eigenvalue weighted by Gasteiger charge is 2.35. The van der Waals surface area contributed by atoms with E-state index in [2.05, 4.69) is 5.48 Å². The molecule has 0 unspecified atom stereocenters. The van der Waals surface area contributed by atoms with Gasteiger partial charge in [0.2, 0.25) is 0 Å². The first-order chi connectivity index (χ1) is 10.3. The summed E-state index contributed by atoms with van der Waals surface area (Å²) in [4.78, 5) is 12.3. The van der Waals surface area contributed by atoms with Crippen LogP contribution in [0.2, 0.25) is 0 Å². The summed E-state index contributed by atoms with van der Waals surface area (Å²) in [5.41, 5.74) is 2.25. The molecule has 0 radical (unpaired) electrons. The fraction of sp³-hybridized carbons (Fsp3) is 0.929. The van der Waals surface area contributed by atoms with Gasteiger partial charge in [-0.05, 0) is 40.5 Å². The standard InChI is InChI=1S/C14H28NO5PS/c1-5-18-21(17,19-6-2)20-15-13(16)14(3,4)22-12-10-8-7-9-11-12/h12H,5-11H2,1-4H3,(H,15,16). The van der Waals surface area contributed by atoms with Gasteiger partial charge < -0.3 is 0 Å². The average Bonchev–Trinajstić information content (AvgIpc) is 2.46. The summed E-state index contributed by atoms with van der Waals surface area (Å²) < 4.78 is 26.4. The molecule has 0 heterocycles. The number of hydroxylamine groups is 1. The molecule has 130 valence electrons. The molecule has 0 atom stereocenters. The van der Waals surface area contributed by atoms with Gasteiger partial charge in [0, 0.05) is 5.25 Å². The number of nitrogens with one attached hydrogen (secondary N) is 1. The first-order valence-electron chi connectivity index (χ1n) is 7.89. The Hall–Kier alpha value is -0.0700. The molecule has 1 rings (SSSR count). The fourth-order valence-electron chi connectivity index (χ4n) is 2.28. The van der Waals surface area contributed by atoms with Gasteiger partial charge in [-0.1, -0.05) is 19.3 Å². The molecule has 0 aromatic carbocycles. The van der Waals surface area contributed by atoms with Crippen molar-refractivity contribution < 1.29 is 23.0 Å². The third-order valence-corrected chi connectivity index (χ3v) is 6.43. The zero-order chi connectivity index (χ0) is 16.6. The molecule has 0 aliphatic heterocycles. The van der Waals surface area contributed by atoms with Crippen LogP contribution in [0.5, 0.6) is 0 Å². The zero-order valence-electron chi connectivity index (χ0n) is 13.9. The maximum atomic E-state index is 12.3. The molecule has 6 nitrogen and oxygen atoms in total. The fourth-order valence-corrected chi connectivity index (χ4v) is 4.84. The molecule has 0 saturated heterocycles. The molecule has 8 heteroatoms. The quantitative estimate of drug-likeness (QED) is 0.498. The van der Waals surface area contributed by atoms with Crippen LogP contribution in [-0.2, 0) is 23.0 Å². The molecule has 0 aromatic heterocycles. The minimum Gasteiger partial charge on any atom is -0.286 e. The monoisotopic (exact) mass is 353 g/mol. The summed E-state index contributed by atoms with van der Waals surface area (Å²) in [6, 6.07) is 0. The number of rotatable bonds is 9. The smallest absolute Gasteiger partial charge is 0.286 e. The Morgan fingerprint density at radius 1 is 1.18 bits per heavy atom. The molecule has 0 spiro atoms. The summed E-state index contributed by atoms with van der Waals surface area (Å²) in [6.07, 6.45) is 5.99. The van der Waals surface area contributed by atoms with E-state index in [0.29, 0.717) is 5.25 Å². The van der Waals surface area contributed by atoms with Crippen LogP contribution in [0.3, 0.4) is 0 Å². The Labute approximate surface area is 137 Å². The van der Waals surface area contributed by atoms with Crippen molar-refractivity contribution >= 4 is 25.5 Å². The van der Waals surface area contributed by atoms with E-state index in [0.717, 1.165) is 12.8 Å². The predicted molar refractivity (Wildman–Crippen MR) is 88.6 cm³/mol. The van der Waals surface area contributed by atoms with E-state index in [1.54, 1.807) is 25.6 Å². The van der Waals surface area contributed by atoms with E-state index in [4.69, 9.17) is 13.7 Å². The average molecular weight is 353 g/mol. The van der Waals surface area contributed by atoms with Crippen molar-refractivity contribution in [2.24, 2.45) is 0 Å². The third-order valence-electron chi connectivity index (χ3n) is 3.38. The highest BCUT2D eigenvalue weighted by molar-refractivity contribution is 8.01. The third kappa shape index (κ3) is 6.59. The second kappa shape index (κ2) is 9.28. The van der Waals surface area contributed by atoms with Gasteiger partial charge in [0.1, 0.15) is 0 Å². The van der Waals surface area contributed by atoms with Gasteiger partial charge in [0.05, 0.1) is 18.0 Å². The van der Waals surface area contributed by atoms with Gasteiger partial charge in [-0.2, -0.15) is 4.62 Å². The molecule has 1 aliphatic rings. The van der Waals surface area contributed by atoms with Crippen LogP contribution < -0.4 is 5.48 Å². The number of phosphoric ester groups is 1. The van der Waals surface area contributed by atoms with Crippen molar-refractivity contribution in [1.82, 2.24) is 5.48 Å². The lowest BCUT2D eigenvalue weighted by Crippen LogP contribution is -2.41. The summed E-state index contributed by atoms with van der Waals surface area (Å²) >= 11 is 1.64. The number of thioether (sulfide) groups is 1. The SMILES string of the molecule is CCOP(=O)(OCC)ONC(=O)C(C)(C)SC1CCCCC1. The second-order valence-corrected chi connectivity index (χ2v) is 9.21. The summed E-state index contributed by atoms with van der Waals surface area (Å²) in [6.45, 7) is 7.40. The Balaban J connectivity index is 2.52. The molecule has 1 aliphatic carbocycles. The first kappa shape index (κ1) is 20.0. The van der Waals surface area contributed by atoms with Gasteiger partial charge in [0.15, 0.2) is 0 Å². The highest BCUT2D eigenvalue weighted by atomic mass is 32.2. The van der Waals surface area contributed by atoms with Crippen molar-refractivity contribution in [3.05, 3.63) is 0 Å². The van der Waals surface area contributed by atoms with Gasteiger partial charge in [-0.3, -0.25) is 13.8 Å². The number of amides is 1. The van der Waals surface area contributed by atoms with Crippen molar-refractivity contribution in [2.45, 2.75) is 69.8 Å². The number of carbonyl (C=O) groups is 1. The zero-order valence-corrected chi connectivity index (χ0v) is 15.6. The predicted octanol–water partition coefficient (Wildman–Crippen LogP) is 4.06. The van der Waals surface area contributed by atoms with Crippen LogP contribution in [0.15, 0.2) is 0 Å². The molecule has 0 bridgehead atoms. The Morgan fingerprint density at radius 3 is 2.23 bits per heavy atom. The maximum Gasteiger partial charge on any atom is 0.496 e. The molecule has 1 saturated carbocycles. The van der Waals surface area contributed by atoms with Crippen molar-refractivity contribution in [2.75, 3.05) is 13.2 Å². The Kier molecular flexibility index (Phi) is 8.43. The van der Waals surface area contributed by atoms with Crippen LogP contribution in [0.25, 0.3) is 0 Å².